The smallest absolute Gasteiger partial charge is 0.318 e. The van der Waals surface area contributed by atoms with Gasteiger partial charge < -0.3 is 10.3 Å². The fraction of sp³-hybridized carbons (Fsp3) is 0.381. The Balaban J connectivity index is 1.78. The normalized spacial score (nSPS) is 24.0. The molecule has 8 heteroatoms. The largest absolute Gasteiger partial charge is 0.416 e. The predicted molar refractivity (Wildman–Crippen MR) is 106 cm³/mol. The summed E-state index contributed by atoms with van der Waals surface area (Å²) in [5.74, 6) is 0. The molecule has 1 atom stereocenters. The van der Waals surface area contributed by atoms with Crippen molar-refractivity contribution in [2.24, 2.45) is 0 Å². The second-order valence-electron chi connectivity index (χ2n) is 7.67. The number of nitrogens with one attached hydrogen (secondary N) is 2. The van der Waals surface area contributed by atoms with Crippen molar-refractivity contribution in [1.29, 1.82) is 0 Å². The van der Waals surface area contributed by atoms with E-state index >= 15 is 0 Å². The summed E-state index contributed by atoms with van der Waals surface area (Å²) in [6, 6.07) is 9.15. The van der Waals surface area contributed by atoms with Gasteiger partial charge in [-0.15, -0.1) is 0 Å². The highest BCUT2D eigenvalue weighted by atomic mass is 19.4. The SMILES string of the molecule is CN1CCN(C2(C)NNC(c3ccc(C(F)(F)F)cc3)=C2c2ccncc2)CC1. The number of nitrogens with zero attached hydrogens (tertiary/aromatic N) is 3. The molecule has 4 rings (SSSR count). The van der Waals surface area contributed by atoms with Crippen molar-refractivity contribution in [1.82, 2.24) is 25.6 Å². The number of hydrogen-bond donors (Lipinski definition) is 2. The van der Waals surface area contributed by atoms with Crippen molar-refractivity contribution in [3.05, 3.63) is 65.5 Å². The Labute approximate surface area is 168 Å². The van der Waals surface area contributed by atoms with Crippen molar-refractivity contribution in [3.63, 3.8) is 0 Å². The third-order valence-electron chi connectivity index (χ3n) is 5.77. The van der Waals surface area contributed by atoms with E-state index in [0.29, 0.717) is 5.56 Å². The van der Waals surface area contributed by atoms with Crippen LogP contribution >= 0.6 is 0 Å². The minimum Gasteiger partial charge on any atom is -0.318 e. The van der Waals surface area contributed by atoms with Crippen LogP contribution in [0.2, 0.25) is 0 Å². The van der Waals surface area contributed by atoms with Gasteiger partial charge >= 0.3 is 6.18 Å². The highest BCUT2D eigenvalue weighted by Gasteiger charge is 2.43. The molecule has 3 heterocycles. The molecule has 2 N–H and O–H groups in total. The zero-order chi connectivity index (χ0) is 20.6. The van der Waals surface area contributed by atoms with Crippen LogP contribution in [0.4, 0.5) is 13.2 Å². The minimum atomic E-state index is -4.35. The first-order chi connectivity index (χ1) is 13.8. The number of halogens is 3. The summed E-state index contributed by atoms with van der Waals surface area (Å²) in [5.41, 5.74) is 8.97. The summed E-state index contributed by atoms with van der Waals surface area (Å²) in [6.07, 6.45) is -0.888. The standard InChI is InChI=1S/C21H24F3N5/c1-20(29-13-11-28(2)12-14-29)18(15-7-9-25-10-8-15)19(26-27-20)16-3-5-17(6-4-16)21(22,23)24/h3-10,26-27H,11-14H2,1-2H3. The van der Waals surface area contributed by atoms with Crippen molar-refractivity contribution < 1.29 is 13.2 Å². The fourth-order valence-electron chi connectivity index (χ4n) is 4.03. The molecule has 5 nitrogen and oxygen atoms in total. The van der Waals surface area contributed by atoms with Crippen LogP contribution in [0.15, 0.2) is 48.8 Å². The second-order valence-corrected chi connectivity index (χ2v) is 7.67. The maximum absolute atomic E-state index is 13.0. The molecule has 0 saturated carbocycles. The lowest BCUT2D eigenvalue weighted by molar-refractivity contribution is -0.137. The Hall–Kier alpha value is -2.42. The molecular formula is C21H24F3N5. The average molecular weight is 403 g/mol. The van der Waals surface area contributed by atoms with Crippen molar-refractivity contribution in [2.75, 3.05) is 33.2 Å². The molecule has 0 bridgehead atoms. The third-order valence-corrected chi connectivity index (χ3v) is 5.77. The summed E-state index contributed by atoms with van der Waals surface area (Å²) < 4.78 is 38.9. The highest BCUT2D eigenvalue weighted by Crippen LogP contribution is 2.40. The Morgan fingerprint density at radius 2 is 1.55 bits per heavy atom. The first kappa shape index (κ1) is 19.9. The number of pyridine rings is 1. The molecule has 29 heavy (non-hydrogen) atoms. The van der Waals surface area contributed by atoms with E-state index in [2.05, 4.69) is 39.6 Å². The van der Waals surface area contributed by atoms with Gasteiger partial charge in [-0.1, -0.05) is 12.1 Å². The van der Waals surface area contributed by atoms with Gasteiger partial charge in [-0.2, -0.15) is 13.2 Å². The molecule has 154 valence electrons. The van der Waals surface area contributed by atoms with E-state index in [1.807, 2.05) is 12.1 Å². The van der Waals surface area contributed by atoms with Crippen molar-refractivity contribution >= 4 is 11.3 Å². The highest BCUT2D eigenvalue weighted by molar-refractivity contribution is 5.95. The summed E-state index contributed by atoms with van der Waals surface area (Å²) >= 11 is 0. The van der Waals surface area contributed by atoms with E-state index in [1.165, 1.54) is 12.1 Å². The summed E-state index contributed by atoms with van der Waals surface area (Å²) in [7, 11) is 2.10. The molecule has 0 spiro atoms. The van der Waals surface area contributed by atoms with E-state index in [0.717, 1.165) is 55.1 Å². The lowest BCUT2D eigenvalue weighted by Gasteiger charge is -2.44. The molecule has 0 aliphatic carbocycles. The maximum Gasteiger partial charge on any atom is 0.416 e. The number of rotatable bonds is 3. The molecule has 2 aliphatic heterocycles. The van der Waals surface area contributed by atoms with E-state index in [9.17, 15) is 13.2 Å². The van der Waals surface area contributed by atoms with Gasteiger partial charge in [0, 0.05) is 44.1 Å². The van der Waals surface area contributed by atoms with E-state index in [-0.39, 0.29) is 0 Å². The van der Waals surface area contributed by atoms with Gasteiger partial charge in [0.2, 0.25) is 0 Å². The number of alkyl halides is 3. The molecular weight excluding hydrogens is 379 g/mol. The summed E-state index contributed by atoms with van der Waals surface area (Å²) in [6.45, 7) is 5.79. The molecule has 1 aromatic carbocycles. The monoisotopic (exact) mass is 403 g/mol. The van der Waals surface area contributed by atoms with Crippen LogP contribution in [-0.4, -0.2) is 53.7 Å². The average Bonchev–Trinajstić information content (AvgIpc) is 3.07. The predicted octanol–water partition coefficient (Wildman–Crippen LogP) is 3.04. The Bertz CT molecular complexity index is 887. The van der Waals surface area contributed by atoms with Gasteiger partial charge in [0.25, 0.3) is 0 Å². The van der Waals surface area contributed by atoms with Gasteiger partial charge in [0.1, 0.15) is 5.66 Å². The second kappa shape index (κ2) is 7.44. The first-order valence-electron chi connectivity index (χ1n) is 9.58. The fourth-order valence-corrected chi connectivity index (χ4v) is 4.03. The number of piperazine rings is 1. The van der Waals surface area contributed by atoms with Crippen LogP contribution in [0.3, 0.4) is 0 Å². The van der Waals surface area contributed by atoms with Crippen molar-refractivity contribution in [3.8, 4) is 0 Å². The molecule has 1 fully saturated rings. The Morgan fingerprint density at radius 1 is 0.931 bits per heavy atom. The molecule has 1 unspecified atom stereocenters. The first-order valence-corrected chi connectivity index (χ1v) is 9.58. The maximum atomic E-state index is 13.0. The Kier molecular flexibility index (Phi) is 5.10. The summed E-state index contributed by atoms with van der Waals surface area (Å²) in [4.78, 5) is 8.77. The van der Waals surface area contributed by atoms with E-state index < -0.39 is 17.4 Å². The molecule has 2 aromatic rings. The lowest BCUT2D eigenvalue weighted by Crippen LogP contribution is -2.61. The summed E-state index contributed by atoms with van der Waals surface area (Å²) in [5, 5.41) is 0. The Morgan fingerprint density at radius 3 is 2.14 bits per heavy atom. The van der Waals surface area contributed by atoms with Crippen LogP contribution < -0.4 is 10.9 Å². The molecule has 1 aromatic heterocycles. The van der Waals surface area contributed by atoms with Crippen LogP contribution in [0.5, 0.6) is 0 Å². The van der Waals surface area contributed by atoms with Gasteiger partial charge in [0.05, 0.1) is 11.3 Å². The number of benzene rings is 1. The van der Waals surface area contributed by atoms with Crippen LogP contribution in [0.1, 0.15) is 23.6 Å². The van der Waals surface area contributed by atoms with Crippen molar-refractivity contribution in [2.45, 2.75) is 18.8 Å². The molecule has 0 radical (unpaired) electrons. The number of hydrogen-bond acceptors (Lipinski definition) is 5. The van der Waals surface area contributed by atoms with E-state index in [1.54, 1.807) is 12.4 Å². The third kappa shape index (κ3) is 3.75. The van der Waals surface area contributed by atoms with Crippen LogP contribution in [0.25, 0.3) is 11.3 Å². The van der Waals surface area contributed by atoms with Gasteiger partial charge in [-0.25, -0.2) is 5.43 Å². The van der Waals surface area contributed by atoms with Gasteiger partial charge in [-0.05, 0) is 49.4 Å². The molecule has 1 saturated heterocycles. The molecule has 0 amide bonds. The van der Waals surface area contributed by atoms with Gasteiger partial charge in [-0.3, -0.25) is 9.88 Å². The number of hydrazine groups is 1. The minimum absolute atomic E-state index is 0.499. The molecule has 2 aliphatic rings. The zero-order valence-corrected chi connectivity index (χ0v) is 16.4. The quantitative estimate of drug-likeness (QED) is 0.825. The lowest BCUT2D eigenvalue weighted by atomic mass is 9.90. The van der Waals surface area contributed by atoms with E-state index in [4.69, 9.17) is 0 Å². The topological polar surface area (TPSA) is 43.4 Å². The van der Waals surface area contributed by atoms with Crippen LogP contribution in [-0.2, 0) is 6.18 Å². The number of aromatic nitrogens is 1. The van der Waals surface area contributed by atoms with Gasteiger partial charge in [0.15, 0.2) is 0 Å². The zero-order valence-electron chi connectivity index (χ0n) is 16.4. The van der Waals surface area contributed by atoms with Crippen LogP contribution in [0, 0.1) is 0 Å². The number of likely N-dealkylation sites (N-methyl/N-ethyl adjacent to an activating group) is 1.